The van der Waals surface area contributed by atoms with Gasteiger partial charge in [0, 0.05) is 10.9 Å². The summed E-state index contributed by atoms with van der Waals surface area (Å²) in [6.07, 6.45) is 0.859. The molecule has 100 valence electrons. The van der Waals surface area contributed by atoms with Crippen molar-refractivity contribution in [3.05, 3.63) is 29.3 Å². The molecular weight excluding hydrogens is 294 g/mol. The van der Waals surface area contributed by atoms with Crippen LogP contribution < -0.4 is 10.1 Å². The first kappa shape index (κ1) is 15.0. The van der Waals surface area contributed by atoms with Crippen molar-refractivity contribution in [2.45, 2.75) is 32.7 Å². The van der Waals surface area contributed by atoms with Gasteiger partial charge in [-0.2, -0.15) is 0 Å². The molecule has 0 spiro atoms. The van der Waals surface area contributed by atoms with Gasteiger partial charge >= 0.3 is 0 Å². The van der Waals surface area contributed by atoms with Gasteiger partial charge < -0.3 is 10.1 Å². The van der Waals surface area contributed by atoms with Crippen molar-refractivity contribution in [1.29, 1.82) is 0 Å². The summed E-state index contributed by atoms with van der Waals surface area (Å²) in [5.41, 5.74) is 1.38. The van der Waals surface area contributed by atoms with Crippen LogP contribution in [0.1, 0.15) is 36.2 Å². The second kappa shape index (κ2) is 6.23. The fraction of sp³-hybridized carbons (Fsp3) is 0.500. The van der Waals surface area contributed by atoms with Crippen LogP contribution >= 0.6 is 15.9 Å². The van der Waals surface area contributed by atoms with Gasteiger partial charge in [0.15, 0.2) is 0 Å². The molecule has 0 aromatic heterocycles. The molecule has 1 N–H and O–H groups in total. The van der Waals surface area contributed by atoms with Crippen molar-refractivity contribution in [3.8, 4) is 5.75 Å². The molecule has 18 heavy (non-hydrogen) atoms. The van der Waals surface area contributed by atoms with Gasteiger partial charge in [-0.1, -0.05) is 34.5 Å². The summed E-state index contributed by atoms with van der Waals surface area (Å²) in [7, 11) is 1.57. The number of halogens is 1. The lowest BCUT2D eigenvalue weighted by Crippen LogP contribution is -2.47. The number of benzene rings is 1. The lowest BCUT2D eigenvalue weighted by Gasteiger charge is -2.27. The van der Waals surface area contributed by atoms with E-state index in [-0.39, 0.29) is 11.4 Å². The largest absolute Gasteiger partial charge is 0.496 e. The first-order chi connectivity index (χ1) is 8.45. The highest BCUT2D eigenvalue weighted by Gasteiger charge is 2.24. The fourth-order valence-electron chi connectivity index (χ4n) is 1.56. The Hall–Kier alpha value is -1.03. The van der Waals surface area contributed by atoms with Gasteiger partial charge in [-0.15, -0.1) is 0 Å². The summed E-state index contributed by atoms with van der Waals surface area (Å²) in [6, 6.07) is 5.60. The molecule has 0 bridgehead atoms. The van der Waals surface area contributed by atoms with Gasteiger partial charge in [0.25, 0.3) is 5.91 Å². The summed E-state index contributed by atoms with van der Waals surface area (Å²) in [4.78, 5) is 12.3. The van der Waals surface area contributed by atoms with Crippen molar-refractivity contribution in [2.24, 2.45) is 0 Å². The van der Waals surface area contributed by atoms with E-state index in [1.165, 1.54) is 0 Å². The molecule has 0 saturated carbocycles. The lowest BCUT2D eigenvalue weighted by atomic mass is 10.0. The molecule has 0 heterocycles. The predicted octanol–water partition coefficient (Wildman–Crippen LogP) is 3.30. The summed E-state index contributed by atoms with van der Waals surface area (Å²) < 4.78 is 5.23. The van der Waals surface area contributed by atoms with E-state index in [4.69, 9.17) is 4.74 Å². The van der Waals surface area contributed by atoms with Gasteiger partial charge in [-0.3, -0.25) is 4.79 Å². The monoisotopic (exact) mass is 313 g/mol. The number of hydrogen-bond donors (Lipinski definition) is 1. The van der Waals surface area contributed by atoms with Crippen molar-refractivity contribution >= 4 is 21.8 Å². The summed E-state index contributed by atoms with van der Waals surface area (Å²) >= 11 is 3.44. The topological polar surface area (TPSA) is 38.3 Å². The zero-order valence-corrected chi connectivity index (χ0v) is 12.9. The molecule has 0 aliphatic heterocycles. The fourth-order valence-corrected chi connectivity index (χ4v) is 2.09. The van der Waals surface area contributed by atoms with Crippen LogP contribution in [-0.2, 0) is 0 Å². The molecule has 0 radical (unpaired) electrons. The van der Waals surface area contributed by atoms with E-state index < -0.39 is 0 Å². The smallest absolute Gasteiger partial charge is 0.255 e. The van der Waals surface area contributed by atoms with Crippen molar-refractivity contribution < 1.29 is 9.53 Å². The van der Waals surface area contributed by atoms with E-state index in [0.29, 0.717) is 11.3 Å². The van der Waals surface area contributed by atoms with E-state index in [1.807, 2.05) is 32.0 Å². The van der Waals surface area contributed by atoms with Gasteiger partial charge in [0.2, 0.25) is 0 Å². The number of aryl methyl sites for hydroxylation is 1. The molecule has 0 fully saturated rings. The predicted molar refractivity (Wildman–Crippen MR) is 77.7 cm³/mol. The van der Waals surface area contributed by atoms with Crippen molar-refractivity contribution in [1.82, 2.24) is 5.32 Å². The van der Waals surface area contributed by atoms with E-state index in [0.717, 1.165) is 17.3 Å². The van der Waals surface area contributed by atoms with Gasteiger partial charge in [-0.05, 0) is 32.4 Å². The van der Waals surface area contributed by atoms with E-state index in [9.17, 15) is 4.79 Å². The number of hydrogen-bond acceptors (Lipinski definition) is 2. The Morgan fingerprint density at radius 2 is 2.17 bits per heavy atom. The van der Waals surface area contributed by atoms with Crippen LogP contribution in [0.4, 0.5) is 0 Å². The number of ether oxygens (including phenoxy) is 1. The zero-order chi connectivity index (χ0) is 13.8. The molecule has 0 saturated heterocycles. The maximum absolute atomic E-state index is 12.3. The van der Waals surface area contributed by atoms with Gasteiger partial charge in [-0.25, -0.2) is 0 Å². The minimum absolute atomic E-state index is 0.0978. The molecule has 1 aromatic carbocycles. The number of alkyl halides is 1. The number of methoxy groups -OCH3 is 1. The number of carbonyl (C=O) groups is 1. The average Bonchev–Trinajstić information content (AvgIpc) is 2.38. The van der Waals surface area contributed by atoms with Crippen LogP contribution in [0.15, 0.2) is 18.2 Å². The minimum atomic E-state index is -0.244. The first-order valence-electron chi connectivity index (χ1n) is 5.99. The average molecular weight is 314 g/mol. The van der Waals surface area contributed by atoms with Gasteiger partial charge in [0.05, 0.1) is 12.7 Å². The first-order valence-corrected chi connectivity index (χ1v) is 7.11. The highest BCUT2D eigenvalue weighted by Crippen LogP contribution is 2.21. The minimum Gasteiger partial charge on any atom is -0.496 e. The Kier molecular flexibility index (Phi) is 5.20. The lowest BCUT2D eigenvalue weighted by molar-refractivity contribution is 0.0910. The molecule has 0 aliphatic rings. The third kappa shape index (κ3) is 3.48. The van der Waals surface area contributed by atoms with Crippen LogP contribution in [0.25, 0.3) is 0 Å². The van der Waals surface area contributed by atoms with Crippen molar-refractivity contribution in [2.75, 3.05) is 12.4 Å². The second-order valence-corrected chi connectivity index (χ2v) is 5.27. The summed E-state index contributed by atoms with van der Waals surface area (Å²) in [6.45, 7) is 6.02. The molecule has 1 rings (SSSR count). The SMILES string of the molecule is CCC(C)(CBr)NC(=O)c1cc(C)ccc1OC. The molecule has 1 aromatic rings. The quantitative estimate of drug-likeness (QED) is 0.847. The summed E-state index contributed by atoms with van der Waals surface area (Å²) in [5.74, 6) is 0.505. The van der Waals surface area contributed by atoms with Crippen LogP contribution in [0.2, 0.25) is 0 Å². The Labute approximate surface area is 117 Å². The Morgan fingerprint density at radius 3 is 2.67 bits per heavy atom. The Morgan fingerprint density at radius 1 is 1.50 bits per heavy atom. The van der Waals surface area contributed by atoms with E-state index in [2.05, 4.69) is 28.2 Å². The van der Waals surface area contributed by atoms with E-state index in [1.54, 1.807) is 7.11 Å². The normalized spacial score (nSPS) is 13.8. The van der Waals surface area contributed by atoms with Crippen molar-refractivity contribution in [3.63, 3.8) is 0 Å². The van der Waals surface area contributed by atoms with Crippen LogP contribution in [-0.4, -0.2) is 23.9 Å². The van der Waals surface area contributed by atoms with Crippen LogP contribution in [0, 0.1) is 6.92 Å². The number of nitrogens with one attached hydrogen (secondary N) is 1. The third-order valence-corrected chi connectivity index (χ3v) is 4.33. The van der Waals surface area contributed by atoms with Gasteiger partial charge in [0.1, 0.15) is 5.75 Å². The highest BCUT2D eigenvalue weighted by atomic mass is 79.9. The van der Waals surface area contributed by atoms with Crippen LogP contribution in [0.5, 0.6) is 5.75 Å². The van der Waals surface area contributed by atoms with E-state index >= 15 is 0 Å². The molecule has 1 amide bonds. The molecule has 3 nitrogen and oxygen atoms in total. The molecule has 0 aliphatic carbocycles. The summed E-state index contributed by atoms with van der Waals surface area (Å²) in [5, 5.41) is 3.76. The number of amides is 1. The second-order valence-electron chi connectivity index (χ2n) is 4.71. The molecule has 1 unspecified atom stereocenters. The maximum Gasteiger partial charge on any atom is 0.255 e. The highest BCUT2D eigenvalue weighted by molar-refractivity contribution is 9.09. The Bertz CT molecular complexity index is 428. The third-order valence-electron chi connectivity index (χ3n) is 3.09. The Balaban J connectivity index is 3.00. The number of carbonyl (C=O) groups excluding carboxylic acids is 1. The maximum atomic E-state index is 12.3. The number of rotatable bonds is 5. The standard InChI is InChI=1S/C14H20BrNO2/c1-5-14(3,9-15)16-13(17)11-8-10(2)6-7-12(11)18-4/h6-8H,5,9H2,1-4H3,(H,16,17). The molecule has 1 atom stereocenters. The molecular formula is C14H20BrNO2. The zero-order valence-electron chi connectivity index (χ0n) is 11.3. The van der Waals surface area contributed by atoms with Crippen LogP contribution in [0.3, 0.4) is 0 Å². The molecule has 4 heteroatoms.